The number of aromatic nitrogens is 9. The highest BCUT2D eigenvalue weighted by Crippen LogP contribution is 2.42. The molecule has 0 aliphatic carbocycles. The Bertz CT molecular complexity index is 2930. The Morgan fingerprint density at radius 3 is 0.483 bits per heavy atom. The van der Waals surface area contributed by atoms with Crippen LogP contribution in [-0.4, -0.2) is 231 Å². The monoisotopic (exact) mass is 1640 g/mol. The molecular weight excluding hydrogens is 1470 g/mol. The van der Waals surface area contributed by atoms with E-state index in [-0.39, 0.29) is 103 Å². The molecular formula is C93H177N25. The van der Waals surface area contributed by atoms with E-state index in [2.05, 4.69) is 290 Å². The SMILES string of the molecule is CCCCN(c1nc(NCCN(CCNc2nc(N(CCCC)C3CC(C)(C)NC(C)(C)C3)nc(N(CCCC)C3CC(C)(C)NC(C)(C)C3)n2)CCNc2nc(N(CCCC)C3CC(C)(C)NC(C)(C)C3)nc(N(CCCC)C3CC(C)(C)NC(C)(C)C3)n2)nc(N(CCCC)C2CC(C)(C)NC(C)(C)C2)n1)C1CC(C)(C)NC(C)(C)C1. The Labute approximate surface area is 719 Å². The van der Waals surface area contributed by atoms with E-state index in [1.54, 1.807) is 0 Å². The second-order valence-electron chi connectivity index (χ2n) is 45.4. The smallest absolute Gasteiger partial charge is 0.232 e. The summed E-state index contributed by atoms with van der Waals surface area (Å²) < 4.78 is 0. The summed E-state index contributed by atoms with van der Waals surface area (Å²) >= 11 is 0. The summed E-state index contributed by atoms with van der Waals surface area (Å²) in [6.07, 6.45) is 24.4. The molecule has 0 radical (unpaired) electrons. The normalized spacial score (nSPS) is 22.7. The number of piperidine rings is 6. The molecule has 0 aromatic carbocycles. The zero-order valence-electron chi connectivity index (χ0n) is 81.1. The van der Waals surface area contributed by atoms with Crippen molar-refractivity contribution in [1.29, 1.82) is 0 Å². The lowest BCUT2D eigenvalue weighted by molar-refractivity contribution is 0.156. The van der Waals surface area contributed by atoms with Crippen molar-refractivity contribution in [3.63, 3.8) is 0 Å². The number of hydrogen-bond donors (Lipinski definition) is 9. The fourth-order valence-electron chi connectivity index (χ4n) is 23.0. The number of rotatable bonds is 42. The summed E-state index contributed by atoms with van der Waals surface area (Å²) in [6, 6.07) is 1.35. The molecule has 9 heterocycles. The predicted octanol–water partition coefficient (Wildman–Crippen LogP) is 16.7. The molecule has 9 rings (SSSR count). The second-order valence-corrected chi connectivity index (χ2v) is 45.4. The predicted molar refractivity (Wildman–Crippen MR) is 501 cm³/mol. The summed E-state index contributed by atoms with van der Waals surface area (Å²) in [5.41, 5.74) is -0.958. The lowest BCUT2D eigenvalue weighted by Crippen LogP contribution is -2.63. The minimum absolute atomic E-state index is 0.0798. The van der Waals surface area contributed by atoms with Gasteiger partial charge in [0.25, 0.3) is 0 Å². The van der Waals surface area contributed by atoms with Gasteiger partial charge in [0.15, 0.2) is 0 Å². The van der Waals surface area contributed by atoms with E-state index in [4.69, 9.17) is 44.9 Å². The molecule has 6 aliphatic heterocycles. The maximum Gasteiger partial charge on any atom is 0.232 e. The molecule has 6 fully saturated rings. The Kier molecular flexibility index (Phi) is 32.3. The van der Waals surface area contributed by atoms with Crippen LogP contribution < -0.4 is 77.3 Å². The Balaban J connectivity index is 1.15. The van der Waals surface area contributed by atoms with Crippen molar-refractivity contribution in [3.05, 3.63) is 0 Å². The first kappa shape index (κ1) is 96.8. The largest absolute Gasteiger partial charge is 0.353 e. The van der Waals surface area contributed by atoms with Crippen molar-refractivity contribution in [1.82, 2.24) is 81.7 Å². The first-order chi connectivity index (χ1) is 54.9. The number of nitrogens with zero attached hydrogens (tertiary/aromatic N) is 16. The van der Waals surface area contributed by atoms with Crippen LogP contribution in [0.2, 0.25) is 0 Å². The van der Waals surface area contributed by atoms with Gasteiger partial charge in [-0.15, -0.1) is 0 Å². The van der Waals surface area contributed by atoms with Crippen molar-refractivity contribution in [3.8, 4) is 0 Å². The molecule has 6 aliphatic rings. The highest BCUT2D eigenvalue weighted by atomic mass is 15.4. The van der Waals surface area contributed by atoms with Crippen molar-refractivity contribution in [2.75, 3.05) is 124 Å². The quantitative estimate of drug-likeness (QED) is 0.0256. The number of nitrogens with one attached hydrogen (secondary N) is 9. The minimum atomic E-state index is -0.0798. The van der Waals surface area contributed by atoms with E-state index in [9.17, 15) is 0 Å². The van der Waals surface area contributed by atoms with Gasteiger partial charge in [-0.2, -0.15) is 44.9 Å². The first-order valence-corrected chi connectivity index (χ1v) is 47.5. The van der Waals surface area contributed by atoms with Crippen LogP contribution in [0.4, 0.5) is 53.5 Å². The molecule has 0 atom stereocenters. The summed E-state index contributed by atoms with van der Waals surface area (Å²) in [4.78, 5) is 68.7. The third-order valence-corrected chi connectivity index (χ3v) is 25.7. The minimum Gasteiger partial charge on any atom is -0.353 e. The van der Waals surface area contributed by atoms with Crippen molar-refractivity contribution >= 4 is 53.5 Å². The number of unbranched alkanes of at least 4 members (excludes halogenated alkanes) is 6. The van der Waals surface area contributed by atoms with Crippen LogP contribution >= 0.6 is 0 Å². The molecule has 9 N–H and O–H groups in total. The maximum absolute atomic E-state index is 5.71. The van der Waals surface area contributed by atoms with Gasteiger partial charge in [-0.25, -0.2) is 0 Å². The summed E-state index contributed by atoms with van der Waals surface area (Å²) in [5, 5.41) is 35.9. The molecule has 0 saturated carbocycles. The summed E-state index contributed by atoms with van der Waals surface area (Å²) in [6.45, 7) is 79.6. The van der Waals surface area contributed by atoms with Crippen LogP contribution in [-0.2, 0) is 0 Å². The highest BCUT2D eigenvalue weighted by molar-refractivity contribution is 5.51. The summed E-state index contributed by atoms with van der Waals surface area (Å²) in [7, 11) is 0. The van der Waals surface area contributed by atoms with Gasteiger partial charge in [0.2, 0.25) is 53.5 Å². The summed E-state index contributed by atoms with van der Waals surface area (Å²) in [5.74, 6) is 6.50. The average Bonchev–Trinajstić information content (AvgIpc) is 0.768. The van der Waals surface area contributed by atoms with E-state index < -0.39 is 0 Å². The van der Waals surface area contributed by atoms with Gasteiger partial charge in [0.05, 0.1) is 0 Å². The van der Waals surface area contributed by atoms with Crippen molar-refractivity contribution in [2.24, 2.45) is 0 Å². The van der Waals surface area contributed by atoms with Crippen LogP contribution in [0.5, 0.6) is 0 Å². The zero-order chi connectivity index (χ0) is 86.9. The van der Waals surface area contributed by atoms with Crippen LogP contribution in [0.3, 0.4) is 0 Å². The van der Waals surface area contributed by atoms with Gasteiger partial charge < -0.3 is 77.3 Å². The third-order valence-electron chi connectivity index (χ3n) is 25.7. The standard InChI is InChI=1S/C93H177N25/c1-31-37-46-113(67-55-82(7,8)106-83(9,10)56-67)76-97-73(98-77(103-76)114(47-38-32-2)68-57-84(11,12)107-85(13,14)58-68)94-43-52-112(53-44-95-74-99-78(115(48-39-33-3)69-59-86(15,16)108-87(17,18)60-69)104-79(100-74)116(49-40-34-4)70-61-88(19,20)109-89(21,22)62-70)54-45-96-75-101-80(117(50-41-35-5)71-63-90(23,24)110-91(25,26)64-71)105-81(102-75)118(51-42-36-6)72-65-92(27,28)111-93(29,30)66-72/h67-72,106-111H,31-66H2,1-30H3,(H,94,97,98,103)(H,95,99,100,104)(H,96,101,102,105). The van der Waals surface area contributed by atoms with E-state index in [0.717, 1.165) is 229 Å². The van der Waals surface area contributed by atoms with Gasteiger partial charge >= 0.3 is 0 Å². The van der Waals surface area contributed by atoms with Crippen LogP contribution in [0.1, 0.15) is 362 Å². The van der Waals surface area contributed by atoms with Crippen LogP contribution in [0.15, 0.2) is 0 Å². The Morgan fingerprint density at radius 1 is 0.220 bits per heavy atom. The first-order valence-electron chi connectivity index (χ1n) is 47.5. The second kappa shape index (κ2) is 39.4. The molecule has 674 valence electrons. The Hall–Kier alpha value is -5.05. The maximum atomic E-state index is 5.71. The molecule has 0 unspecified atom stereocenters. The van der Waals surface area contributed by atoms with Crippen molar-refractivity contribution in [2.45, 2.75) is 465 Å². The lowest BCUT2D eigenvalue weighted by Gasteiger charge is -2.50. The van der Waals surface area contributed by atoms with Crippen LogP contribution in [0.25, 0.3) is 0 Å². The van der Waals surface area contributed by atoms with Gasteiger partial charge in [-0.3, -0.25) is 4.90 Å². The highest BCUT2D eigenvalue weighted by Gasteiger charge is 2.48. The molecule has 25 nitrogen and oxygen atoms in total. The zero-order valence-corrected chi connectivity index (χ0v) is 81.1. The van der Waals surface area contributed by atoms with Crippen LogP contribution in [0, 0.1) is 0 Å². The van der Waals surface area contributed by atoms with E-state index in [0.29, 0.717) is 57.1 Å². The van der Waals surface area contributed by atoms with Gasteiger partial charge in [-0.1, -0.05) is 80.1 Å². The number of hydrogen-bond acceptors (Lipinski definition) is 25. The van der Waals surface area contributed by atoms with E-state index in [1.165, 1.54) is 0 Å². The third kappa shape index (κ3) is 28.5. The van der Waals surface area contributed by atoms with E-state index >= 15 is 0 Å². The number of anilines is 9. The molecule has 118 heavy (non-hydrogen) atoms. The van der Waals surface area contributed by atoms with Crippen molar-refractivity contribution < 1.29 is 0 Å². The van der Waals surface area contributed by atoms with Gasteiger partial charge in [0.1, 0.15) is 0 Å². The van der Waals surface area contributed by atoms with Gasteiger partial charge in [0, 0.05) is 181 Å². The Morgan fingerprint density at radius 2 is 0.356 bits per heavy atom. The lowest BCUT2D eigenvalue weighted by atomic mass is 9.79. The van der Waals surface area contributed by atoms with Gasteiger partial charge in [-0.05, 0) is 282 Å². The van der Waals surface area contributed by atoms with E-state index in [1.807, 2.05) is 0 Å². The molecule has 3 aromatic rings. The molecule has 0 bridgehead atoms. The molecule has 0 amide bonds. The topological polar surface area (TPSA) is 247 Å². The molecule has 3 aromatic heterocycles. The molecule has 6 saturated heterocycles. The average molecular weight is 1650 g/mol. The fourth-order valence-corrected chi connectivity index (χ4v) is 23.0. The molecule has 25 heteroatoms. The molecule has 0 spiro atoms. The fraction of sp³-hybridized carbons (Fsp3) is 0.903.